The van der Waals surface area contributed by atoms with Gasteiger partial charge in [0.25, 0.3) is 0 Å². The average molecular weight is 486 g/mol. The number of nitrogens with two attached hydrogens (primary N) is 1. The minimum absolute atomic E-state index is 0.0194. The van der Waals surface area contributed by atoms with E-state index < -0.39 is 0 Å². The molecule has 1 unspecified atom stereocenters. The lowest BCUT2D eigenvalue weighted by Crippen LogP contribution is -2.54. The van der Waals surface area contributed by atoms with Gasteiger partial charge in [0.15, 0.2) is 0 Å². The number of H-pyrrole nitrogens is 1. The van der Waals surface area contributed by atoms with E-state index >= 15 is 0 Å². The monoisotopic (exact) mass is 485 g/mol. The van der Waals surface area contributed by atoms with E-state index in [1.807, 2.05) is 53.6 Å². The molecule has 1 atom stereocenters. The summed E-state index contributed by atoms with van der Waals surface area (Å²) in [7, 11) is 0. The third-order valence-electron chi connectivity index (χ3n) is 7.89. The number of piperidine rings is 1. The SMILES string of the molecule is NC(=O)C(NC1CCC(c2c[nH]c3cccnc23)CC1)C1CCN(C(=O)C=Cc2ccccc2)CC1. The topological polar surface area (TPSA) is 104 Å². The van der Waals surface area contributed by atoms with Gasteiger partial charge in [0.1, 0.15) is 0 Å². The normalized spacial score (nSPS) is 22.2. The van der Waals surface area contributed by atoms with Crippen LogP contribution in [0.5, 0.6) is 0 Å². The molecule has 2 aromatic heterocycles. The number of aromatic amines is 1. The number of nitrogens with one attached hydrogen (secondary N) is 2. The highest BCUT2D eigenvalue weighted by atomic mass is 16.2. The van der Waals surface area contributed by atoms with Gasteiger partial charge in [-0.2, -0.15) is 0 Å². The van der Waals surface area contributed by atoms with Crippen molar-refractivity contribution >= 4 is 28.9 Å². The zero-order chi connectivity index (χ0) is 24.9. The van der Waals surface area contributed by atoms with Crippen LogP contribution >= 0.6 is 0 Å². The molecule has 3 aromatic rings. The Balaban J connectivity index is 1.12. The summed E-state index contributed by atoms with van der Waals surface area (Å²) < 4.78 is 0. The zero-order valence-corrected chi connectivity index (χ0v) is 20.6. The zero-order valence-electron chi connectivity index (χ0n) is 20.6. The summed E-state index contributed by atoms with van der Waals surface area (Å²) in [6, 6.07) is 13.8. The van der Waals surface area contributed by atoms with Crippen LogP contribution in [0, 0.1) is 5.92 Å². The van der Waals surface area contributed by atoms with Crippen LogP contribution in [0.25, 0.3) is 17.1 Å². The van der Waals surface area contributed by atoms with Gasteiger partial charge in [-0.25, -0.2) is 0 Å². The van der Waals surface area contributed by atoms with Crippen molar-refractivity contribution in [2.45, 2.75) is 56.5 Å². The van der Waals surface area contributed by atoms with Crippen molar-refractivity contribution in [3.05, 3.63) is 72.1 Å². The number of likely N-dealkylation sites (tertiary alicyclic amines) is 1. The van der Waals surface area contributed by atoms with Gasteiger partial charge in [0.05, 0.1) is 17.1 Å². The van der Waals surface area contributed by atoms with Crippen LogP contribution in [0.2, 0.25) is 0 Å². The van der Waals surface area contributed by atoms with E-state index in [1.54, 1.807) is 6.08 Å². The van der Waals surface area contributed by atoms with E-state index in [2.05, 4.69) is 27.5 Å². The van der Waals surface area contributed by atoms with Crippen molar-refractivity contribution in [3.8, 4) is 0 Å². The van der Waals surface area contributed by atoms with E-state index in [1.165, 1.54) is 5.56 Å². The van der Waals surface area contributed by atoms with Crippen LogP contribution in [0.15, 0.2) is 60.9 Å². The smallest absolute Gasteiger partial charge is 0.246 e. The molecular formula is C29H35N5O2. The fourth-order valence-electron chi connectivity index (χ4n) is 5.85. The number of fused-ring (bicyclic) bond motifs is 1. The van der Waals surface area contributed by atoms with E-state index in [-0.39, 0.29) is 29.8 Å². The molecule has 5 rings (SSSR count). The first-order valence-corrected chi connectivity index (χ1v) is 13.1. The summed E-state index contributed by atoms with van der Waals surface area (Å²) in [4.78, 5) is 34.8. The molecule has 1 saturated heterocycles. The Morgan fingerprint density at radius 1 is 1.03 bits per heavy atom. The van der Waals surface area contributed by atoms with E-state index in [4.69, 9.17) is 5.73 Å². The summed E-state index contributed by atoms with van der Waals surface area (Å²) in [6.07, 6.45) is 13.1. The second-order valence-electron chi connectivity index (χ2n) is 10.1. The second-order valence-corrected chi connectivity index (χ2v) is 10.1. The maximum Gasteiger partial charge on any atom is 0.246 e. The highest BCUT2D eigenvalue weighted by Gasteiger charge is 2.34. The molecule has 1 saturated carbocycles. The van der Waals surface area contributed by atoms with Crippen LogP contribution in [0.4, 0.5) is 0 Å². The Morgan fingerprint density at radius 3 is 2.50 bits per heavy atom. The first-order chi connectivity index (χ1) is 17.6. The molecule has 4 N–H and O–H groups in total. The molecule has 2 aliphatic rings. The highest BCUT2D eigenvalue weighted by molar-refractivity contribution is 5.91. The van der Waals surface area contributed by atoms with Gasteiger partial charge in [-0.1, -0.05) is 30.3 Å². The molecule has 3 heterocycles. The number of amides is 2. The number of carbonyl (C=O) groups excluding carboxylic acids is 2. The van der Waals surface area contributed by atoms with E-state index in [0.29, 0.717) is 19.0 Å². The van der Waals surface area contributed by atoms with Gasteiger partial charge in [-0.15, -0.1) is 0 Å². The largest absolute Gasteiger partial charge is 0.368 e. The molecule has 1 aliphatic heterocycles. The fraction of sp³-hybridized carbons (Fsp3) is 0.414. The fourth-order valence-corrected chi connectivity index (χ4v) is 5.85. The molecular weight excluding hydrogens is 450 g/mol. The maximum atomic E-state index is 12.6. The quantitative estimate of drug-likeness (QED) is 0.440. The highest BCUT2D eigenvalue weighted by Crippen LogP contribution is 2.36. The predicted octanol–water partition coefficient (Wildman–Crippen LogP) is 3.98. The summed E-state index contributed by atoms with van der Waals surface area (Å²) in [5.74, 6) is 0.370. The van der Waals surface area contributed by atoms with Crippen LogP contribution < -0.4 is 11.1 Å². The van der Waals surface area contributed by atoms with Gasteiger partial charge in [-0.3, -0.25) is 14.6 Å². The van der Waals surface area contributed by atoms with Gasteiger partial charge >= 0.3 is 0 Å². The molecule has 2 amide bonds. The van der Waals surface area contributed by atoms with Crippen molar-refractivity contribution in [1.29, 1.82) is 0 Å². The molecule has 0 bridgehead atoms. The molecule has 36 heavy (non-hydrogen) atoms. The van der Waals surface area contributed by atoms with Crippen LogP contribution in [0.1, 0.15) is 55.6 Å². The van der Waals surface area contributed by atoms with Gasteiger partial charge < -0.3 is 20.9 Å². The number of hydrogen-bond donors (Lipinski definition) is 3. The van der Waals surface area contributed by atoms with Crippen molar-refractivity contribution in [3.63, 3.8) is 0 Å². The number of nitrogens with zero attached hydrogens (tertiary/aromatic N) is 2. The number of primary amides is 1. The number of benzene rings is 1. The Kier molecular flexibility index (Phi) is 7.47. The number of rotatable bonds is 7. The van der Waals surface area contributed by atoms with Crippen molar-refractivity contribution in [2.24, 2.45) is 11.7 Å². The first-order valence-electron chi connectivity index (χ1n) is 13.1. The molecule has 2 fully saturated rings. The predicted molar refractivity (Wildman–Crippen MR) is 142 cm³/mol. The van der Waals surface area contributed by atoms with Gasteiger partial charge in [0, 0.05) is 37.6 Å². The van der Waals surface area contributed by atoms with Crippen LogP contribution in [-0.2, 0) is 9.59 Å². The van der Waals surface area contributed by atoms with Gasteiger partial charge in [0.2, 0.25) is 11.8 Å². The lowest BCUT2D eigenvalue weighted by atomic mass is 9.81. The number of aromatic nitrogens is 2. The number of pyridine rings is 1. The lowest BCUT2D eigenvalue weighted by molar-refractivity contribution is -0.128. The van der Waals surface area contributed by atoms with Crippen molar-refractivity contribution in [2.75, 3.05) is 13.1 Å². The van der Waals surface area contributed by atoms with Crippen molar-refractivity contribution < 1.29 is 9.59 Å². The molecule has 1 aliphatic carbocycles. The van der Waals surface area contributed by atoms with Crippen molar-refractivity contribution in [1.82, 2.24) is 20.2 Å². The third kappa shape index (κ3) is 5.51. The minimum atomic E-state index is -0.349. The van der Waals surface area contributed by atoms with Gasteiger partial charge in [-0.05, 0) is 79.7 Å². The summed E-state index contributed by atoms with van der Waals surface area (Å²) in [6.45, 7) is 1.29. The summed E-state index contributed by atoms with van der Waals surface area (Å²) in [5.41, 5.74) is 10.3. The Hall–Kier alpha value is -3.45. The molecule has 188 valence electrons. The molecule has 7 nitrogen and oxygen atoms in total. The molecule has 0 spiro atoms. The second kappa shape index (κ2) is 11.1. The standard InChI is InChI=1S/C29H35N5O2/c30-29(36)27(22-14-17-34(18-15-22)26(35)13-8-20-5-2-1-3-6-20)33-23-11-9-21(10-12-23)24-19-32-25-7-4-16-31-28(24)25/h1-8,13,16,19,21-23,27,32-33H,9-12,14-15,17-18H2,(H2,30,36). The first kappa shape index (κ1) is 24.3. The van der Waals surface area contributed by atoms with Crippen LogP contribution in [0.3, 0.4) is 0 Å². The Labute approximate surface area is 212 Å². The number of hydrogen-bond acceptors (Lipinski definition) is 4. The molecule has 7 heteroatoms. The maximum absolute atomic E-state index is 12.6. The van der Waals surface area contributed by atoms with Crippen LogP contribution in [-0.4, -0.2) is 51.9 Å². The Bertz CT molecular complexity index is 1200. The Morgan fingerprint density at radius 2 is 1.78 bits per heavy atom. The number of carbonyl (C=O) groups is 2. The average Bonchev–Trinajstić information content (AvgIpc) is 3.35. The molecule has 0 radical (unpaired) electrons. The third-order valence-corrected chi connectivity index (χ3v) is 7.89. The van der Waals surface area contributed by atoms with E-state index in [9.17, 15) is 9.59 Å². The summed E-state index contributed by atoms with van der Waals surface area (Å²) >= 11 is 0. The molecule has 1 aromatic carbocycles. The minimum Gasteiger partial charge on any atom is -0.368 e. The van der Waals surface area contributed by atoms with E-state index in [0.717, 1.165) is 55.1 Å². The lowest BCUT2D eigenvalue weighted by Gasteiger charge is -2.38. The summed E-state index contributed by atoms with van der Waals surface area (Å²) in [5, 5.41) is 3.60.